The molecule has 3 aliphatic rings. The largest absolute Gasteiger partial charge is 0.481 e. The van der Waals surface area contributed by atoms with Crippen molar-refractivity contribution in [2.75, 3.05) is 45.8 Å². The molecule has 3 saturated heterocycles. The van der Waals surface area contributed by atoms with Gasteiger partial charge in [-0.05, 0) is 61.9 Å². The van der Waals surface area contributed by atoms with E-state index in [0.717, 1.165) is 63.0 Å². The minimum absolute atomic E-state index is 0.0949. The van der Waals surface area contributed by atoms with Crippen molar-refractivity contribution >= 4 is 17.9 Å². The van der Waals surface area contributed by atoms with E-state index in [2.05, 4.69) is 46.6 Å². The summed E-state index contributed by atoms with van der Waals surface area (Å²) in [6.45, 7) is 4.75. The van der Waals surface area contributed by atoms with E-state index in [1.54, 1.807) is 4.90 Å². The smallest absolute Gasteiger partial charge is 0.318 e. The SMILES string of the molecule is O=C(O)C1CCN(C(=O)NC2(c3ccccc3)CCN(CCC3(c4ccccc4)CCN(C(=O)c4ccccc4)C3)CC2)C1. The maximum absolute atomic E-state index is 13.4. The van der Waals surface area contributed by atoms with Crippen LogP contribution >= 0.6 is 0 Å². The fraction of sp³-hybridized carbons (Fsp3) is 0.417. The molecule has 0 aliphatic carbocycles. The second kappa shape index (κ2) is 12.8. The van der Waals surface area contributed by atoms with Gasteiger partial charge in [-0.3, -0.25) is 9.59 Å². The molecule has 2 unspecified atom stereocenters. The van der Waals surface area contributed by atoms with Gasteiger partial charge in [0.05, 0.1) is 11.5 Å². The van der Waals surface area contributed by atoms with Crippen molar-refractivity contribution in [2.45, 2.75) is 43.1 Å². The average Bonchev–Trinajstić information content (AvgIpc) is 3.75. The van der Waals surface area contributed by atoms with Gasteiger partial charge in [-0.15, -0.1) is 0 Å². The summed E-state index contributed by atoms with van der Waals surface area (Å²) in [4.78, 5) is 44.4. The molecule has 3 aliphatic heterocycles. The van der Waals surface area contributed by atoms with Gasteiger partial charge in [0.1, 0.15) is 0 Å². The Hall–Kier alpha value is -4.17. The number of hydrogen-bond acceptors (Lipinski definition) is 4. The van der Waals surface area contributed by atoms with Gasteiger partial charge in [0.15, 0.2) is 0 Å². The maximum Gasteiger partial charge on any atom is 0.318 e. The van der Waals surface area contributed by atoms with E-state index in [4.69, 9.17) is 0 Å². The summed E-state index contributed by atoms with van der Waals surface area (Å²) in [5, 5.41) is 12.8. The molecule has 0 spiro atoms. The number of amides is 3. The highest BCUT2D eigenvalue weighted by atomic mass is 16.4. The summed E-state index contributed by atoms with van der Waals surface area (Å²) in [6.07, 6.45) is 3.92. The van der Waals surface area contributed by atoms with Gasteiger partial charge >= 0.3 is 12.0 Å². The number of hydrogen-bond donors (Lipinski definition) is 2. The molecular weight excluding hydrogens is 552 g/mol. The summed E-state index contributed by atoms with van der Waals surface area (Å²) in [7, 11) is 0. The van der Waals surface area contributed by atoms with Crippen molar-refractivity contribution in [3.63, 3.8) is 0 Å². The van der Waals surface area contributed by atoms with Crippen LogP contribution in [0.5, 0.6) is 0 Å². The van der Waals surface area contributed by atoms with Crippen LogP contribution in [0.25, 0.3) is 0 Å². The van der Waals surface area contributed by atoms with Gasteiger partial charge in [-0.2, -0.15) is 0 Å². The molecule has 3 amide bonds. The Morgan fingerprint density at radius 2 is 1.36 bits per heavy atom. The number of likely N-dealkylation sites (tertiary alicyclic amines) is 3. The molecule has 0 radical (unpaired) electrons. The van der Waals surface area contributed by atoms with Gasteiger partial charge in [0.2, 0.25) is 0 Å². The van der Waals surface area contributed by atoms with E-state index in [0.29, 0.717) is 19.5 Å². The van der Waals surface area contributed by atoms with Crippen molar-refractivity contribution in [1.82, 2.24) is 20.0 Å². The molecule has 0 saturated carbocycles. The Bertz CT molecular complexity index is 1440. The zero-order valence-corrected chi connectivity index (χ0v) is 25.2. The predicted molar refractivity (Wildman–Crippen MR) is 169 cm³/mol. The Labute approximate surface area is 259 Å². The molecule has 0 aromatic heterocycles. The van der Waals surface area contributed by atoms with Crippen LogP contribution in [0, 0.1) is 5.92 Å². The van der Waals surface area contributed by atoms with Gasteiger partial charge in [-0.1, -0.05) is 78.9 Å². The Morgan fingerprint density at radius 1 is 0.750 bits per heavy atom. The Morgan fingerprint density at radius 3 is 1.98 bits per heavy atom. The molecule has 8 heteroatoms. The summed E-state index contributed by atoms with van der Waals surface area (Å²) in [5.74, 6) is -1.24. The summed E-state index contributed by atoms with van der Waals surface area (Å²) in [6, 6.07) is 30.2. The highest BCUT2D eigenvalue weighted by Crippen LogP contribution is 2.40. The lowest BCUT2D eigenvalue weighted by atomic mass is 9.76. The lowest BCUT2D eigenvalue weighted by Gasteiger charge is -2.44. The number of piperidine rings is 1. The van der Waals surface area contributed by atoms with Crippen LogP contribution in [0.3, 0.4) is 0 Å². The standard InChI is InChI=1S/C36H42N4O4/c41-32(28-10-4-1-5-11-28)40-25-18-35(27-40,30-12-6-2-7-13-30)17-22-38-23-19-36(20-24-38,31-14-8-3-9-15-31)37-34(44)39-21-16-29(26-39)33(42)43/h1-15,29H,16-27H2,(H,37,44)(H,42,43). The van der Waals surface area contributed by atoms with Crippen LogP contribution in [0.15, 0.2) is 91.0 Å². The van der Waals surface area contributed by atoms with E-state index in [1.165, 1.54) is 5.56 Å². The monoisotopic (exact) mass is 594 g/mol. The zero-order chi connectivity index (χ0) is 30.6. The van der Waals surface area contributed by atoms with Gasteiger partial charge in [0.25, 0.3) is 5.91 Å². The lowest BCUT2D eigenvalue weighted by molar-refractivity contribution is -0.141. The van der Waals surface area contributed by atoms with E-state index in [1.807, 2.05) is 59.5 Å². The molecule has 3 fully saturated rings. The number of benzene rings is 3. The van der Waals surface area contributed by atoms with Crippen LogP contribution in [0.2, 0.25) is 0 Å². The first-order valence-corrected chi connectivity index (χ1v) is 15.9. The fourth-order valence-electron chi connectivity index (χ4n) is 7.39. The lowest BCUT2D eigenvalue weighted by Crippen LogP contribution is -2.56. The minimum atomic E-state index is -0.838. The average molecular weight is 595 g/mol. The number of carboxylic acids is 1. The van der Waals surface area contributed by atoms with Crippen LogP contribution in [-0.4, -0.2) is 83.5 Å². The first-order valence-electron chi connectivity index (χ1n) is 15.9. The molecule has 3 aromatic rings. The number of nitrogens with one attached hydrogen (secondary N) is 1. The van der Waals surface area contributed by atoms with Crippen molar-refractivity contribution in [1.29, 1.82) is 0 Å². The highest BCUT2D eigenvalue weighted by Gasteiger charge is 2.43. The van der Waals surface area contributed by atoms with Gasteiger partial charge < -0.3 is 25.1 Å². The second-order valence-electron chi connectivity index (χ2n) is 12.7. The summed E-state index contributed by atoms with van der Waals surface area (Å²) in [5.41, 5.74) is 2.51. The van der Waals surface area contributed by atoms with Crippen molar-refractivity contribution in [2.24, 2.45) is 5.92 Å². The second-order valence-corrected chi connectivity index (χ2v) is 12.7. The highest BCUT2D eigenvalue weighted by molar-refractivity contribution is 5.94. The van der Waals surface area contributed by atoms with Crippen molar-refractivity contribution in [3.05, 3.63) is 108 Å². The van der Waals surface area contributed by atoms with Crippen LogP contribution < -0.4 is 5.32 Å². The number of rotatable bonds is 8. The third-order valence-electron chi connectivity index (χ3n) is 10.2. The van der Waals surface area contributed by atoms with E-state index in [9.17, 15) is 19.5 Å². The van der Waals surface area contributed by atoms with E-state index < -0.39 is 17.4 Å². The minimum Gasteiger partial charge on any atom is -0.481 e. The number of urea groups is 1. The third-order valence-corrected chi connectivity index (χ3v) is 10.2. The van der Waals surface area contributed by atoms with Gasteiger partial charge in [0, 0.05) is 50.2 Å². The normalized spacial score (nSPS) is 23.4. The Kier molecular flexibility index (Phi) is 8.71. The third kappa shape index (κ3) is 6.22. The molecule has 44 heavy (non-hydrogen) atoms. The number of aliphatic carboxylic acids is 1. The van der Waals surface area contributed by atoms with Crippen molar-refractivity contribution in [3.8, 4) is 0 Å². The molecule has 2 atom stereocenters. The van der Waals surface area contributed by atoms with Gasteiger partial charge in [-0.25, -0.2) is 4.79 Å². The topological polar surface area (TPSA) is 93.2 Å². The van der Waals surface area contributed by atoms with E-state index >= 15 is 0 Å². The van der Waals surface area contributed by atoms with Crippen LogP contribution in [0.4, 0.5) is 4.79 Å². The number of nitrogens with zero attached hydrogens (tertiary/aromatic N) is 3. The van der Waals surface area contributed by atoms with E-state index in [-0.39, 0.29) is 23.9 Å². The zero-order valence-electron chi connectivity index (χ0n) is 25.2. The molecule has 8 nitrogen and oxygen atoms in total. The van der Waals surface area contributed by atoms with Crippen LogP contribution in [-0.2, 0) is 15.7 Å². The molecule has 2 N–H and O–H groups in total. The fourth-order valence-corrected chi connectivity index (χ4v) is 7.39. The quantitative estimate of drug-likeness (QED) is 0.384. The molecule has 3 heterocycles. The molecule has 0 bridgehead atoms. The Balaban J connectivity index is 1.13. The van der Waals surface area contributed by atoms with Crippen LogP contribution in [0.1, 0.15) is 53.6 Å². The number of carboxylic acid groups (broad SMARTS) is 1. The predicted octanol–water partition coefficient (Wildman–Crippen LogP) is 4.97. The summed E-state index contributed by atoms with van der Waals surface area (Å²) >= 11 is 0. The summed E-state index contributed by atoms with van der Waals surface area (Å²) < 4.78 is 0. The molecule has 3 aromatic carbocycles. The maximum atomic E-state index is 13.4. The molecular formula is C36H42N4O4. The number of carbonyl (C=O) groups excluding carboxylic acids is 2. The first-order chi connectivity index (χ1) is 21.4. The molecule has 230 valence electrons. The first kappa shape index (κ1) is 29.9. The van der Waals surface area contributed by atoms with Crippen molar-refractivity contribution < 1.29 is 19.5 Å². The molecule has 6 rings (SSSR count). The number of carbonyl (C=O) groups is 3.